The maximum absolute atomic E-state index is 12.0. The molecule has 0 radical (unpaired) electrons. The fourth-order valence-corrected chi connectivity index (χ4v) is 3.02. The van der Waals surface area contributed by atoms with Gasteiger partial charge in [-0.15, -0.1) is 11.6 Å². The van der Waals surface area contributed by atoms with Crippen LogP contribution < -0.4 is 5.32 Å². The van der Waals surface area contributed by atoms with Crippen molar-refractivity contribution in [1.29, 1.82) is 0 Å². The molecule has 18 heavy (non-hydrogen) atoms. The zero-order valence-corrected chi connectivity index (χ0v) is 11.8. The maximum Gasteiger partial charge on any atom is 0.251 e. The second-order valence-corrected chi connectivity index (χ2v) is 5.98. The summed E-state index contributed by atoms with van der Waals surface area (Å²) in [6.07, 6.45) is 3.22. The van der Waals surface area contributed by atoms with Crippen LogP contribution in [0.4, 0.5) is 0 Å². The first kappa shape index (κ1) is 13.4. The van der Waals surface area contributed by atoms with Crippen LogP contribution in [0, 0.1) is 19.8 Å². The highest BCUT2D eigenvalue weighted by atomic mass is 35.5. The van der Waals surface area contributed by atoms with E-state index in [4.69, 9.17) is 11.6 Å². The van der Waals surface area contributed by atoms with Gasteiger partial charge < -0.3 is 5.32 Å². The Balaban J connectivity index is 1.91. The van der Waals surface area contributed by atoms with Crippen LogP contribution >= 0.6 is 11.6 Å². The number of halogens is 1. The Morgan fingerprint density at radius 3 is 2.50 bits per heavy atom. The van der Waals surface area contributed by atoms with Crippen LogP contribution in [0.2, 0.25) is 0 Å². The Hall–Kier alpha value is -1.02. The lowest BCUT2D eigenvalue weighted by Gasteiger charge is -2.11. The lowest BCUT2D eigenvalue weighted by atomic mass is 10.1. The first-order valence-corrected chi connectivity index (χ1v) is 6.99. The number of carbonyl (C=O) groups excluding carboxylic acids is 1. The molecule has 1 fully saturated rings. The second kappa shape index (κ2) is 5.75. The molecular weight excluding hydrogens is 246 g/mol. The van der Waals surface area contributed by atoms with E-state index in [2.05, 4.69) is 11.4 Å². The monoisotopic (exact) mass is 265 g/mol. The van der Waals surface area contributed by atoms with E-state index in [1.807, 2.05) is 26.0 Å². The van der Waals surface area contributed by atoms with Crippen LogP contribution in [0.3, 0.4) is 0 Å². The molecule has 1 N–H and O–H groups in total. The van der Waals surface area contributed by atoms with Gasteiger partial charge in [0.2, 0.25) is 0 Å². The van der Waals surface area contributed by atoms with Gasteiger partial charge in [-0.1, -0.05) is 17.2 Å². The Morgan fingerprint density at radius 1 is 1.28 bits per heavy atom. The van der Waals surface area contributed by atoms with Gasteiger partial charge in [0.25, 0.3) is 5.91 Å². The highest BCUT2D eigenvalue weighted by Gasteiger charge is 2.23. The van der Waals surface area contributed by atoms with Gasteiger partial charge in [-0.05, 0) is 51.2 Å². The van der Waals surface area contributed by atoms with Gasteiger partial charge in [-0.2, -0.15) is 0 Å². The molecule has 2 nitrogen and oxygen atoms in total. The van der Waals surface area contributed by atoms with Gasteiger partial charge >= 0.3 is 0 Å². The number of amides is 1. The van der Waals surface area contributed by atoms with Gasteiger partial charge in [0, 0.05) is 17.5 Å². The molecule has 98 valence electrons. The summed E-state index contributed by atoms with van der Waals surface area (Å²) in [5, 5.41) is 3.32. The minimum atomic E-state index is 0.0276. The van der Waals surface area contributed by atoms with Gasteiger partial charge in [0.1, 0.15) is 0 Å². The molecule has 1 saturated carbocycles. The summed E-state index contributed by atoms with van der Waals surface area (Å²) in [4.78, 5) is 12.0. The number of nitrogens with one attached hydrogen (secondary N) is 1. The molecule has 2 atom stereocenters. The molecule has 1 aliphatic carbocycles. The number of carbonyl (C=O) groups is 1. The summed E-state index contributed by atoms with van der Waals surface area (Å²) in [6.45, 7) is 4.77. The third-order valence-corrected chi connectivity index (χ3v) is 3.91. The second-order valence-electron chi connectivity index (χ2n) is 5.36. The molecule has 0 bridgehead atoms. The van der Waals surface area contributed by atoms with Gasteiger partial charge in [-0.25, -0.2) is 0 Å². The molecule has 0 spiro atoms. The molecule has 1 aromatic carbocycles. The zero-order chi connectivity index (χ0) is 13.1. The average Bonchev–Trinajstić information content (AvgIpc) is 2.70. The molecule has 0 saturated heterocycles. The molecule has 0 aliphatic heterocycles. The molecule has 3 heteroatoms. The zero-order valence-electron chi connectivity index (χ0n) is 11.0. The summed E-state index contributed by atoms with van der Waals surface area (Å²) >= 11 is 6.07. The number of alkyl halides is 1. The van der Waals surface area contributed by atoms with Crippen LogP contribution in [0.1, 0.15) is 40.7 Å². The minimum absolute atomic E-state index is 0.0276. The van der Waals surface area contributed by atoms with Crippen molar-refractivity contribution in [2.75, 3.05) is 6.54 Å². The van der Waals surface area contributed by atoms with E-state index >= 15 is 0 Å². The number of hydrogen-bond acceptors (Lipinski definition) is 1. The summed E-state index contributed by atoms with van der Waals surface area (Å²) in [6, 6.07) is 5.94. The van der Waals surface area contributed by atoms with E-state index in [1.54, 1.807) is 0 Å². The van der Waals surface area contributed by atoms with Crippen LogP contribution in [0.25, 0.3) is 0 Å². The summed E-state index contributed by atoms with van der Waals surface area (Å²) in [7, 11) is 0. The fraction of sp³-hybridized carbons (Fsp3) is 0.533. The van der Waals surface area contributed by atoms with E-state index in [-0.39, 0.29) is 5.91 Å². The van der Waals surface area contributed by atoms with Crippen LogP contribution in [0.5, 0.6) is 0 Å². The summed E-state index contributed by atoms with van der Waals surface area (Å²) < 4.78 is 0. The first-order valence-electron chi connectivity index (χ1n) is 6.55. The van der Waals surface area contributed by atoms with Gasteiger partial charge in [0.05, 0.1) is 0 Å². The lowest BCUT2D eigenvalue weighted by molar-refractivity contribution is 0.0947. The van der Waals surface area contributed by atoms with Crippen molar-refractivity contribution >= 4 is 17.5 Å². The topological polar surface area (TPSA) is 29.1 Å². The minimum Gasteiger partial charge on any atom is -0.352 e. The largest absolute Gasteiger partial charge is 0.352 e. The lowest BCUT2D eigenvalue weighted by Crippen LogP contribution is -2.28. The molecule has 0 aromatic heterocycles. The van der Waals surface area contributed by atoms with E-state index in [0.717, 1.165) is 42.5 Å². The standard InChI is InChI=1S/C15H20ClNO/c1-10-5-11(2)7-13(6-10)15(18)17-9-12-3-4-14(16)8-12/h5-7,12,14H,3-4,8-9H2,1-2H3,(H,17,18). The summed E-state index contributed by atoms with van der Waals surface area (Å²) in [5.41, 5.74) is 3.01. The SMILES string of the molecule is Cc1cc(C)cc(C(=O)NCC2CCC(Cl)C2)c1. The van der Waals surface area contributed by atoms with Crippen molar-refractivity contribution < 1.29 is 4.79 Å². The number of hydrogen-bond donors (Lipinski definition) is 1. The molecule has 1 amide bonds. The van der Waals surface area contributed by atoms with Crippen molar-refractivity contribution in [3.05, 3.63) is 34.9 Å². The molecule has 2 rings (SSSR count). The Kier molecular flexibility index (Phi) is 4.28. The molecular formula is C15H20ClNO. The highest BCUT2D eigenvalue weighted by Crippen LogP contribution is 2.28. The highest BCUT2D eigenvalue weighted by molar-refractivity contribution is 6.20. The Morgan fingerprint density at radius 2 is 1.94 bits per heavy atom. The van der Waals surface area contributed by atoms with Crippen molar-refractivity contribution in [2.24, 2.45) is 5.92 Å². The van der Waals surface area contributed by atoms with Crippen molar-refractivity contribution in [1.82, 2.24) is 5.32 Å². The first-order chi connectivity index (χ1) is 8.54. The number of benzene rings is 1. The molecule has 1 aliphatic rings. The van der Waals surface area contributed by atoms with Crippen LogP contribution in [-0.4, -0.2) is 17.8 Å². The smallest absolute Gasteiger partial charge is 0.251 e. The fourth-order valence-electron chi connectivity index (χ4n) is 2.64. The van der Waals surface area contributed by atoms with Gasteiger partial charge in [0.15, 0.2) is 0 Å². The third kappa shape index (κ3) is 3.49. The van der Waals surface area contributed by atoms with Crippen molar-refractivity contribution in [3.8, 4) is 0 Å². The van der Waals surface area contributed by atoms with Crippen LogP contribution in [0.15, 0.2) is 18.2 Å². The molecule has 2 unspecified atom stereocenters. The normalized spacial score (nSPS) is 23.1. The molecule has 1 aromatic rings. The summed E-state index contributed by atoms with van der Waals surface area (Å²) in [5.74, 6) is 0.571. The quantitative estimate of drug-likeness (QED) is 0.834. The third-order valence-electron chi connectivity index (χ3n) is 3.51. The van der Waals surface area contributed by atoms with E-state index < -0.39 is 0 Å². The molecule has 0 heterocycles. The average molecular weight is 266 g/mol. The Labute approximate surface area is 114 Å². The van der Waals surface area contributed by atoms with Crippen molar-refractivity contribution in [3.63, 3.8) is 0 Å². The van der Waals surface area contributed by atoms with E-state index in [1.165, 1.54) is 0 Å². The number of rotatable bonds is 3. The van der Waals surface area contributed by atoms with Gasteiger partial charge in [-0.3, -0.25) is 4.79 Å². The van der Waals surface area contributed by atoms with Crippen LogP contribution in [-0.2, 0) is 0 Å². The maximum atomic E-state index is 12.0. The van der Waals surface area contributed by atoms with Crippen molar-refractivity contribution in [2.45, 2.75) is 38.5 Å². The van der Waals surface area contributed by atoms with E-state index in [9.17, 15) is 4.79 Å². The van der Waals surface area contributed by atoms with E-state index in [0.29, 0.717) is 11.3 Å². The Bertz CT molecular complexity index is 424. The number of aryl methyl sites for hydroxylation is 2. The predicted octanol–water partition coefficient (Wildman–Crippen LogP) is 3.44. The predicted molar refractivity (Wildman–Crippen MR) is 75.2 cm³/mol.